The number of nitrogens with zero attached hydrogens (tertiary/aromatic N) is 3. The quantitative estimate of drug-likeness (QED) is 0.850. The topological polar surface area (TPSA) is 41.0 Å². The van der Waals surface area contributed by atoms with E-state index in [-0.39, 0.29) is 17.7 Å². The van der Waals surface area contributed by atoms with Crippen LogP contribution >= 0.6 is 0 Å². The highest BCUT2D eigenvalue weighted by Gasteiger charge is 2.33. The molecule has 0 atom stereocenters. The molecule has 4 nitrogen and oxygen atoms in total. The third-order valence-corrected chi connectivity index (χ3v) is 4.25. The molecule has 25 heavy (non-hydrogen) atoms. The summed E-state index contributed by atoms with van der Waals surface area (Å²) >= 11 is 0. The lowest BCUT2D eigenvalue weighted by Gasteiger charge is -2.32. The first-order chi connectivity index (χ1) is 11.9. The molecule has 1 aliphatic heterocycles. The highest BCUT2D eigenvalue weighted by atomic mass is 19.4. The maximum Gasteiger partial charge on any atom is 0.433 e. The first kappa shape index (κ1) is 17.6. The lowest BCUT2D eigenvalue weighted by Crippen LogP contribution is -2.39. The Labute approximate surface area is 142 Å². The second-order valence-corrected chi connectivity index (χ2v) is 6.07. The largest absolute Gasteiger partial charge is 0.433 e. The van der Waals surface area contributed by atoms with Crippen molar-refractivity contribution in [2.24, 2.45) is 0 Å². The monoisotopic (exact) mass is 354 g/mol. The summed E-state index contributed by atoms with van der Waals surface area (Å²) in [6.07, 6.45) is -2.07. The summed E-state index contributed by atoms with van der Waals surface area (Å²) in [6, 6.07) is 7.63. The molecule has 0 radical (unpaired) electrons. The predicted molar refractivity (Wildman–Crippen MR) is 85.4 cm³/mol. The van der Waals surface area contributed by atoms with Crippen molar-refractivity contribution in [1.82, 2.24) is 14.9 Å². The van der Waals surface area contributed by atoms with Crippen LogP contribution in [0.4, 0.5) is 23.4 Å². The molecule has 0 spiro atoms. The van der Waals surface area contributed by atoms with Gasteiger partial charge in [0.15, 0.2) is 0 Å². The van der Waals surface area contributed by atoms with Gasteiger partial charge in [0.05, 0.1) is 0 Å². The summed E-state index contributed by atoms with van der Waals surface area (Å²) in [6.45, 7) is 2.01. The van der Waals surface area contributed by atoms with Gasteiger partial charge in [-0.25, -0.2) is 14.4 Å². The van der Waals surface area contributed by atoms with Crippen LogP contribution in [0.15, 0.2) is 36.7 Å². The molecule has 3 rings (SSSR count). The molecule has 1 N–H and O–H groups in total. The van der Waals surface area contributed by atoms with Gasteiger partial charge in [-0.15, -0.1) is 0 Å². The van der Waals surface area contributed by atoms with E-state index in [4.69, 9.17) is 0 Å². The minimum atomic E-state index is -4.48. The average molecular weight is 354 g/mol. The van der Waals surface area contributed by atoms with Crippen molar-refractivity contribution in [2.75, 3.05) is 18.4 Å². The van der Waals surface area contributed by atoms with Crippen molar-refractivity contribution in [3.8, 4) is 0 Å². The summed E-state index contributed by atoms with van der Waals surface area (Å²) in [4.78, 5) is 9.25. The van der Waals surface area contributed by atoms with Crippen LogP contribution in [0.2, 0.25) is 0 Å². The Morgan fingerprint density at radius 3 is 2.52 bits per heavy atom. The van der Waals surface area contributed by atoms with Crippen molar-refractivity contribution >= 4 is 5.82 Å². The number of rotatable bonds is 4. The predicted octanol–water partition coefficient (Wildman–Crippen LogP) is 3.71. The van der Waals surface area contributed by atoms with Gasteiger partial charge in [0.1, 0.15) is 23.7 Å². The Morgan fingerprint density at radius 1 is 1.12 bits per heavy atom. The van der Waals surface area contributed by atoms with E-state index in [9.17, 15) is 17.6 Å². The fourth-order valence-corrected chi connectivity index (χ4v) is 2.90. The molecule has 2 aromatic rings. The van der Waals surface area contributed by atoms with Gasteiger partial charge in [-0.05, 0) is 18.9 Å². The molecule has 8 heteroatoms. The summed E-state index contributed by atoms with van der Waals surface area (Å²) in [7, 11) is 0. The molecule has 0 saturated carbocycles. The Hall–Kier alpha value is -2.22. The van der Waals surface area contributed by atoms with Crippen molar-refractivity contribution in [3.63, 3.8) is 0 Å². The number of halogens is 4. The molecule has 0 aliphatic carbocycles. The third-order valence-electron chi connectivity index (χ3n) is 4.25. The number of hydrogen-bond acceptors (Lipinski definition) is 4. The number of alkyl halides is 3. The van der Waals surface area contributed by atoms with Crippen LogP contribution in [0.25, 0.3) is 0 Å². The van der Waals surface area contributed by atoms with Gasteiger partial charge in [0, 0.05) is 37.3 Å². The van der Waals surface area contributed by atoms with Crippen LogP contribution in [0, 0.1) is 5.82 Å². The molecule has 134 valence electrons. The van der Waals surface area contributed by atoms with Crippen LogP contribution in [-0.2, 0) is 12.7 Å². The van der Waals surface area contributed by atoms with Crippen molar-refractivity contribution in [1.29, 1.82) is 0 Å². The number of aromatic nitrogens is 2. The fourth-order valence-electron chi connectivity index (χ4n) is 2.90. The van der Waals surface area contributed by atoms with Crippen molar-refractivity contribution < 1.29 is 17.6 Å². The van der Waals surface area contributed by atoms with Crippen LogP contribution in [0.5, 0.6) is 0 Å². The van der Waals surface area contributed by atoms with Gasteiger partial charge in [0.2, 0.25) is 0 Å². The van der Waals surface area contributed by atoms with E-state index in [0.717, 1.165) is 38.3 Å². The van der Waals surface area contributed by atoms with Crippen molar-refractivity contribution in [2.45, 2.75) is 31.6 Å². The molecule has 1 aromatic heterocycles. The number of hydrogen-bond donors (Lipinski definition) is 1. The molecule has 2 heterocycles. The second kappa shape index (κ2) is 7.35. The van der Waals surface area contributed by atoms with Gasteiger partial charge < -0.3 is 5.32 Å². The van der Waals surface area contributed by atoms with E-state index in [1.54, 1.807) is 18.2 Å². The lowest BCUT2D eigenvalue weighted by atomic mass is 10.0. The van der Waals surface area contributed by atoms with Crippen LogP contribution in [0.3, 0.4) is 0 Å². The summed E-state index contributed by atoms with van der Waals surface area (Å²) in [5.41, 5.74) is -0.304. The molecule has 0 bridgehead atoms. The molecule has 1 fully saturated rings. The molecule has 1 aromatic carbocycles. The average Bonchev–Trinajstić information content (AvgIpc) is 2.58. The maximum absolute atomic E-state index is 13.7. The first-order valence-corrected chi connectivity index (χ1v) is 8.03. The van der Waals surface area contributed by atoms with Crippen LogP contribution < -0.4 is 5.32 Å². The smallest absolute Gasteiger partial charge is 0.367 e. The second-order valence-electron chi connectivity index (χ2n) is 6.07. The van der Waals surface area contributed by atoms with Gasteiger partial charge in [-0.3, -0.25) is 4.90 Å². The van der Waals surface area contributed by atoms with E-state index < -0.39 is 11.9 Å². The Balaban J connectivity index is 1.54. The summed E-state index contributed by atoms with van der Waals surface area (Å²) in [5, 5.41) is 3.04. The van der Waals surface area contributed by atoms with E-state index in [1.165, 1.54) is 6.07 Å². The number of likely N-dealkylation sites (tertiary alicyclic amines) is 1. The minimum Gasteiger partial charge on any atom is -0.367 e. The Kier molecular flexibility index (Phi) is 5.17. The van der Waals surface area contributed by atoms with E-state index in [2.05, 4.69) is 20.2 Å². The highest BCUT2D eigenvalue weighted by molar-refractivity contribution is 5.36. The van der Waals surface area contributed by atoms with Crippen molar-refractivity contribution in [3.05, 3.63) is 53.7 Å². The SMILES string of the molecule is Fc1ccccc1CN1CCC(Nc2cc(C(F)(F)F)ncn2)CC1. The normalized spacial score (nSPS) is 16.8. The number of piperidine rings is 1. The maximum atomic E-state index is 13.7. The van der Waals surface area contributed by atoms with E-state index in [0.29, 0.717) is 12.1 Å². The first-order valence-electron chi connectivity index (χ1n) is 8.03. The molecule has 1 aliphatic rings. The fraction of sp³-hybridized carbons (Fsp3) is 0.412. The molecular formula is C17H18F4N4. The third kappa shape index (κ3) is 4.66. The van der Waals surface area contributed by atoms with Gasteiger partial charge >= 0.3 is 6.18 Å². The summed E-state index contributed by atoms with van der Waals surface area (Å²) in [5.74, 6) is -0.0432. The Morgan fingerprint density at radius 2 is 1.84 bits per heavy atom. The van der Waals surface area contributed by atoms with E-state index in [1.807, 2.05) is 0 Å². The number of nitrogens with one attached hydrogen (secondary N) is 1. The zero-order chi connectivity index (χ0) is 17.9. The van der Waals surface area contributed by atoms with E-state index >= 15 is 0 Å². The highest BCUT2D eigenvalue weighted by Crippen LogP contribution is 2.28. The zero-order valence-electron chi connectivity index (χ0n) is 13.4. The molecular weight excluding hydrogens is 336 g/mol. The van der Waals surface area contributed by atoms with Gasteiger partial charge in [-0.2, -0.15) is 13.2 Å². The Bertz CT molecular complexity index is 712. The van der Waals surface area contributed by atoms with Crippen LogP contribution in [-0.4, -0.2) is 34.0 Å². The number of benzene rings is 1. The van der Waals surface area contributed by atoms with Crippen LogP contribution in [0.1, 0.15) is 24.1 Å². The molecule has 0 amide bonds. The molecule has 1 saturated heterocycles. The standard InChI is InChI=1S/C17H18F4N4/c18-14-4-2-1-3-12(14)10-25-7-5-13(6-8-25)24-16-9-15(17(19,20)21)22-11-23-16/h1-4,9,11,13H,5-8,10H2,(H,22,23,24). The lowest BCUT2D eigenvalue weighted by molar-refractivity contribution is -0.141. The van der Waals surface area contributed by atoms with Gasteiger partial charge in [-0.1, -0.05) is 18.2 Å². The van der Waals surface area contributed by atoms with Gasteiger partial charge in [0.25, 0.3) is 0 Å². The zero-order valence-corrected chi connectivity index (χ0v) is 13.4. The minimum absolute atomic E-state index is 0.0350. The molecule has 0 unspecified atom stereocenters. The summed E-state index contributed by atoms with van der Waals surface area (Å²) < 4.78 is 51.7. The number of anilines is 1.